The van der Waals surface area contributed by atoms with Gasteiger partial charge in [-0.1, -0.05) is 0 Å². The maximum absolute atomic E-state index is 12.3. The molecule has 0 aromatic carbocycles. The molecule has 1 saturated carbocycles. The van der Waals surface area contributed by atoms with E-state index in [2.05, 4.69) is 28.6 Å². The molecule has 2 fully saturated rings. The van der Waals surface area contributed by atoms with Crippen LogP contribution in [0.2, 0.25) is 0 Å². The molecule has 1 aromatic rings. The number of amides is 1. The number of nitrogens with two attached hydrogens (primary N) is 1. The van der Waals surface area contributed by atoms with Crippen molar-refractivity contribution in [3.8, 4) is 0 Å². The average Bonchev–Trinajstić information content (AvgIpc) is 3.25. The van der Waals surface area contributed by atoms with E-state index in [1.807, 2.05) is 13.0 Å². The lowest BCUT2D eigenvalue weighted by atomic mass is 10.1. The molecule has 5 heteroatoms. The highest BCUT2D eigenvalue weighted by Gasteiger charge is 2.39. The summed E-state index contributed by atoms with van der Waals surface area (Å²) in [6, 6.07) is 2.47. The van der Waals surface area contributed by atoms with Crippen LogP contribution in [0.4, 0.5) is 11.5 Å². The topological polar surface area (TPSA) is 62.5 Å². The smallest absolute Gasteiger partial charge is 0.226 e. The van der Waals surface area contributed by atoms with Gasteiger partial charge in [0.05, 0.1) is 11.9 Å². The van der Waals surface area contributed by atoms with Crippen LogP contribution in [0.1, 0.15) is 32.3 Å². The highest BCUT2D eigenvalue weighted by Crippen LogP contribution is 2.33. The Labute approximate surface area is 126 Å². The average molecular weight is 288 g/mol. The van der Waals surface area contributed by atoms with E-state index in [-0.39, 0.29) is 12.1 Å². The Morgan fingerprint density at radius 3 is 2.62 bits per heavy atom. The lowest BCUT2D eigenvalue weighted by Crippen LogP contribution is -2.58. The molecule has 1 aliphatic heterocycles. The third kappa shape index (κ3) is 2.69. The minimum Gasteiger partial charge on any atom is -0.397 e. The van der Waals surface area contributed by atoms with Gasteiger partial charge in [0, 0.05) is 31.1 Å². The van der Waals surface area contributed by atoms with Crippen LogP contribution in [0.3, 0.4) is 0 Å². The lowest BCUT2D eigenvalue weighted by Gasteiger charge is -2.45. The summed E-state index contributed by atoms with van der Waals surface area (Å²) >= 11 is 0. The van der Waals surface area contributed by atoms with E-state index in [0.29, 0.717) is 17.5 Å². The largest absolute Gasteiger partial charge is 0.397 e. The molecule has 0 unspecified atom stereocenters. The Hall–Kier alpha value is -1.78. The fourth-order valence-corrected chi connectivity index (χ4v) is 3.18. The molecule has 0 bridgehead atoms. The number of nitrogens with zero attached hydrogens (tertiary/aromatic N) is 3. The first-order chi connectivity index (χ1) is 9.97. The van der Waals surface area contributed by atoms with E-state index >= 15 is 0 Å². The zero-order chi connectivity index (χ0) is 15.1. The van der Waals surface area contributed by atoms with Crippen molar-refractivity contribution in [1.82, 2.24) is 9.88 Å². The normalized spacial score (nSPS) is 26.0. The van der Waals surface area contributed by atoms with Crippen LogP contribution >= 0.6 is 0 Å². The SMILES string of the molecule is Cc1cc(N)cnc1N1C[C@H](C)N(C(=O)C2CC2)C[C@H]1C. The molecule has 1 amide bonds. The van der Waals surface area contributed by atoms with E-state index in [1.165, 1.54) is 0 Å². The van der Waals surface area contributed by atoms with Crippen molar-refractivity contribution in [2.24, 2.45) is 5.92 Å². The number of nitrogen functional groups attached to an aromatic ring is 1. The summed E-state index contributed by atoms with van der Waals surface area (Å²) in [6.07, 6.45) is 3.85. The van der Waals surface area contributed by atoms with Crippen LogP contribution in [0.25, 0.3) is 0 Å². The molecule has 21 heavy (non-hydrogen) atoms. The minimum atomic E-state index is 0.230. The number of carbonyl (C=O) groups excluding carboxylic acids is 1. The van der Waals surface area contributed by atoms with Crippen molar-refractivity contribution in [2.45, 2.75) is 45.7 Å². The summed E-state index contributed by atoms with van der Waals surface area (Å²) in [5.74, 6) is 1.63. The van der Waals surface area contributed by atoms with Gasteiger partial charge in [-0.3, -0.25) is 4.79 Å². The summed E-state index contributed by atoms with van der Waals surface area (Å²) in [7, 11) is 0. The quantitative estimate of drug-likeness (QED) is 0.901. The van der Waals surface area contributed by atoms with Crippen molar-refractivity contribution < 1.29 is 4.79 Å². The standard InChI is InChI=1S/C16H24N4O/c1-10-6-14(17)7-18-15(10)19-8-12(3)20(9-11(19)2)16(21)13-4-5-13/h6-7,11-13H,4-5,8-9,17H2,1-3H3/t11-,12+/m1/s1. The molecule has 2 N–H and O–H groups in total. The molecule has 5 nitrogen and oxygen atoms in total. The Balaban J connectivity index is 1.78. The van der Waals surface area contributed by atoms with E-state index in [4.69, 9.17) is 5.73 Å². The lowest BCUT2D eigenvalue weighted by molar-refractivity contribution is -0.135. The zero-order valence-electron chi connectivity index (χ0n) is 13.0. The summed E-state index contributed by atoms with van der Waals surface area (Å²) in [5.41, 5.74) is 7.57. The van der Waals surface area contributed by atoms with E-state index in [0.717, 1.165) is 37.3 Å². The van der Waals surface area contributed by atoms with Gasteiger partial charge in [-0.15, -0.1) is 0 Å². The third-order valence-electron chi connectivity index (χ3n) is 4.54. The minimum absolute atomic E-state index is 0.230. The zero-order valence-corrected chi connectivity index (χ0v) is 13.0. The fourth-order valence-electron chi connectivity index (χ4n) is 3.18. The van der Waals surface area contributed by atoms with Gasteiger partial charge >= 0.3 is 0 Å². The molecule has 3 rings (SSSR count). The highest BCUT2D eigenvalue weighted by atomic mass is 16.2. The predicted octanol–water partition coefficient (Wildman–Crippen LogP) is 1.81. The van der Waals surface area contributed by atoms with Crippen molar-refractivity contribution in [3.63, 3.8) is 0 Å². The molecular weight excluding hydrogens is 264 g/mol. The Bertz CT molecular complexity index is 555. The van der Waals surface area contributed by atoms with Crippen molar-refractivity contribution in [3.05, 3.63) is 17.8 Å². The first-order valence-corrected chi connectivity index (χ1v) is 7.76. The Kier molecular flexibility index (Phi) is 3.51. The van der Waals surface area contributed by atoms with Crippen molar-refractivity contribution >= 4 is 17.4 Å². The second-order valence-electron chi connectivity index (χ2n) is 6.52. The summed E-state index contributed by atoms with van der Waals surface area (Å²) in [6.45, 7) is 7.94. The van der Waals surface area contributed by atoms with Crippen molar-refractivity contribution in [2.75, 3.05) is 23.7 Å². The van der Waals surface area contributed by atoms with Crippen LogP contribution in [0.15, 0.2) is 12.3 Å². The molecule has 2 aliphatic rings. The van der Waals surface area contributed by atoms with Gasteiger partial charge in [-0.05, 0) is 45.2 Å². The van der Waals surface area contributed by atoms with E-state index in [1.54, 1.807) is 6.20 Å². The molecule has 1 aliphatic carbocycles. The predicted molar refractivity (Wildman–Crippen MR) is 84.1 cm³/mol. The molecule has 114 valence electrons. The van der Waals surface area contributed by atoms with Gasteiger partial charge in [-0.25, -0.2) is 4.98 Å². The second-order valence-corrected chi connectivity index (χ2v) is 6.52. The van der Waals surface area contributed by atoms with Gasteiger partial charge in [0.2, 0.25) is 5.91 Å². The Morgan fingerprint density at radius 1 is 1.29 bits per heavy atom. The van der Waals surface area contributed by atoms with Crippen LogP contribution in [-0.4, -0.2) is 41.0 Å². The van der Waals surface area contributed by atoms with E-state index < -0.39 is 0 Å². The van der Waals surface area contributed by atoms with Gasteiger partial charge in [0.1, 0.15) is 5.82 Å². The molecule has 1 aromatic heterocycles. The number of anilines is 2. The maximum Gasteiger partial charge on any atom is 0.226 e. The highest BCUT2D eigenvalue weighted by molar-refractivity contribution is 5.81. The van der Waals surface area contributed by atoms with Gasteiger partial charge in [0.15, 0.2) is 0 Å². The summed E-state index contributed by atoms with van der Waals surface area (Å²) in [4.78, 5) is 21.2. The number of carbonyl (C=O) groups is 1. The summed E-state index contributed by atoms with van der Waals surface area (Å²) < 4.78 is 0. The van der Waals surface area contributed by atoms with Gasteiger partial charge in [0.25, 0.3) is 0 Å². The number of hydrogen-bond donors (Lipinski definition) is 1. The first kappa shape index (κ1) is 14.2. The number of pyridine rings is 1. The molecular formula is C16H24N4O. The molecule has 0 spiro atoms. The second kappa shape index (κ2) is 5.20. The van der Waals surface area contributed by atoms with Gasteiger partial charge < -0.3 is 15.5 Å². The summed E-state index contributed by atoms with van der Waals surface area (Å²) in [5, 5.41) is 0. The number of piperazine rings is 1. The molecule has 2 heterocycles. The van der Waals surface area contributed by atoms with Crippen LogP contribution in [0, 0.1) is 12.8 Å². The molecule has 1 saturated heterocycles. The van der Waals surface area contributed by atoms with E-state index in [9.17, 15) is 4.79 Å². The maximum atomic E-state index is 12.3. The van der Waals surface area contributed by atoms with Crippen molar-refractivity contribution in [1.29, 1.82) is 0 Å². The van der Waals surface area contributed by atoms with Crippen LogP contribution in [0.5, 0.6) is 0 Å². The third-order valence-corrected chi connectivity index (χ3v) is 4.54. The number of aryl methyl sites for hydroxylation is 1. The molecule has 2 atom stereocenters. The van der Waals surface area contributed by atoms with Gasteiger partial charge in [-0.2, -0.15) is 0 Å². The monoisotopic (exact) mass is 288 g/mol. The van der Waals surface area contributed by atoms with Crippen LogP contribution < -0.4 is 10.6 Å². The fraction of sp³-hybridized carbons (Fsp3) is 0.625. The van der Waals surface area contributed by atoms with Crippen LogP contribution in [-0.2, 0) is 4.79 Å². The Morgan fingerprint density at radius 2 is 2.00 bits per heavy atom. The number of hydrogen-bond acceptors (Lipinski definition) is 4. The first-order valence-electron chi connectivity index (χ1n) is 7.76. The molecule has 0 radical (unpaired) electrons. The number of rotatable bonds is 2. The number of aromatic nitrogens is 1.